The highest BCUT2D eigenvalue weighted by Crippen LogP contribution is 2.36. The summed E-state index contributed by atoms with van der Waals surface area (Å²) in [6.07, 6.45) is 0.962. The van der Waals surface area contributed by atoms with E-state index >= 15 is 26.3 Å². The first-order valence-electron chi connectivity index (χ1n) is 15.6. The summed E-state index contributed by atoms with van der Waals surface area (Å²) in [7, 11) is 0. The highest BCUT2D eigenvalue weighted by atomic mass is 19.2. The molecule has 0 saturated heterocycles. The molecule has 3 aromatic carbocycles. The largest absolute Gasteiger partial charge is 0.357 e. The number of aromatic nitrogens is 3. The van der Waals surface area contributed by atoms with E-state index in [4.69, 9.17) is 0 Å². The highest BCUT2D eigenvalue weighted by molar-refractivity contribution is 5.85. The van der Waals surface area contributed by atoms with Crippen molar-refractivity contribution in [1.29, 1.82) is 0 Å². The lowest BCUT2D eigenvalue weighted by Crippen LogP contribution is -2.25. The summed E-state index contributed by atoms with van der Waals surface area (Å²) in [6.45, 7) is 0. The van der Waals surface area contributed by atoms with Crippen molar-refractivity contribution in [1.82, 2.24) is 20.3 Å². The zero-order valence-electron chi connectivity index (χ0n) is 26.9. The number of aromatic amines is 3. The molecule has 0 amide bonds. The molecule has 0 unspecified atom stereocenters. The molecule has 6 aromatic rings. The number of H-pyrrole nitrogens is 3. The summed E-state index contributed by atoms with van der Waals surface area (Å²) >= 11 is 0. The number of nitrogens with one attached hydrogen (secondary N) is 4. The molecule has 0 fully saturated rings. The van der Waals surface area contributed by atoms with E-state index in [-0.39, 0.29) is 23.2 Å². The Morgan fingerprint density at radius 3 is 1.02 bits per heavy atom. The molecule has 8 bridgehead atoms. The Bertz CT molecular complexity index is 2960. The third-order valence-electron chi connectivity index (χ3n) is 9.17. The van der Waals surface area contributed by atoms with Crippen LogP contribution in [0.1, 0.15) is 34.5 Å². The second kappa shape index (κ2) is 12.8. The normalized spacial score (nSPS) is 14.0. The molecule has 2 aliphatic rings. The van der Waals surface area contributed by atoms with Gasteiger partial charge in [0.05, 0.1) is 22.0 Å². The molecule has 2 aliphatic heterocycles. The smallest absolute Gasteiger partial charge is 0.200 e. The van der Waals surface area contributed by atoms with Gasteiger partial charge in [-0.25, -0.2) is 65.9 Å². The van der Waals surface area contributed by atoms with Crippen molar-refractivity contribution in [3.63, 3.8) is 0 Å². The van der Waals surface area contributed by atoms with Crippen molar-refractivity contribution in [2.45, 2.75) is 6.42 Å². The van der Waals surface area contributed by atoms with Crippen LogP contribution >= 0.6 is 0 Å². The predicted molar refractivity (Wildman–Crippen MR) is 165 cm³/mol. The van der Waals surface area contributed by atoms with E-state index < -0.39 is 148 Å². The Morgan fingerprint density at radius 2 is 0.625 bits per heavy atom. The lowest BCUT2D eigenvalue weighted by molar-refractivity contribution is 0.376. The van der Waals surface area contributed by atoms with Gasteiger partial charge in [0.25, 0.3) is 0 Å². The minimum absolute atomic E-state index is 0.00753. The molecule has 0 spiro atoms. The third kappa shape index (κ3) is 5.12. The van der Waals surface area contributed by atoms with E-state index in [2.05, 4.69) is 20.3 Å². The van der Waals surface area contributed by atoms with Gasteiger partial charge >= 0.3 is 0 Å². The van der Waals surface area contributed by atoms with Crippen LogP contribution in [0.3, 0.4) is 0 Å². The lowest BCUT2D eigenvalue weighted by atomic mass is 10.00. The van der Waals surface area contributed by atoms with Gasteiger partial charge < -0.3 is 20.3 Å². The van der Waals surface area contributed by atoms with Gasteiger partial charge in [0, 0.05) is 62.0 Å². The van der Waals surface area contributed by atoms with Crippen molar-refractivity contribution in [2.75, 3.05) is 0 Å². The van der Waals surface area contributed by atoms with Crippen molar-refractivity contribution < 1.29 is 65.9 Å². The molecule has 0 radical (unpaired) electrons. The van der Waals surface area contributed by atoms with E-state index in [1.165, 1.54) is 12.1 Å². The topological polar surface area (TPSA) is 59.4 Å². The quantitative estimate of drug-likeness (QED) is 0.0930. The number of benzene rings is 3. The molecule has 0 saturated carbocycles. The molecular weight excluding hydrogens is 785 g/mol. The summed E-state index contributed by atoms with van der Waals surface area (Å²) in [5, 5.41) is 1.09. The zero-order chi connectivity index (χ0) is 40.2. The van der Waals surface area contributed by atoms with Crippen LogP contribution in [0.2, 0.25) is 0 Å². The maximum Gasteiger partial charge on any atom is 0.200 e. The van der Waals surface area contributed by atoms with Crippen LogP contribution in [-0.2, 0) is 0 Å². The molecule has 19 heteroatoms. The number of hydrogen-bond acceptors (Lipinski definition) is 1. The van der Waals surface area contributed by atoms with Crippen LogP contribution in [0.5, 0.6) is 0 Å². The Morgan fingerprint density at radius 1 is 0.321 bits per heavy atom. The van der Waals surface area contributed by atoms with Crippen LogP contribution in [0.25, 0.3) is 22.4 Å². The third-order valence-corrected chi connectivity index (χ3v) is 9.17. The zero-order valence-corrected chi connectivity index (χ0v) is 26.9. The van der Waals surface area contributed by atoms with Gasteiger partial charge in [0.2, 0.25) is 17.5 Å². The van der Waals surface area contributed by atoms with Crippen LogP contribution in [-0.4, -0.2) is 15.0 Å². The van der Waals surface area contributed by atoms with Gasteiger partial charge in [0.15, 0.2) is 69.8 Å². The van der Waals surface area contributed by atoms with Crippen molar-refractivity contribution in [2.24, 2.45) is 0 Å². The van der Waals surface area contributed by atoms with Crippen molar-refractivity contribution in [3.8, 4) is 0 Å². The summed E-state index contributed by atoms with van der Waals surface area (Å²) in [4.78, 5) is 7.59. The number of rotatable bonds is 3. The van der Waals surface area contributed by atoms with Crippen LogP contribution in [0.4, 0.5) is 65.9 Å². The minimum Gasteiger partial charge on any atom is -0.357 e. The fraction of sp³-hybridized carbons (Fsp3) is 0.0270. The molecule has 3 aromatic heterocycles. The van der Waals surface area contributed by atoms with Gasteiger partial charge in [-0.05, 0) is 36.4 Å². The fourth-order valence-corrected chi connectivity index (χ4v) is 6.62. The average molecular weight is 799 g/mol. The summed E-state index contributed by atoms with van der Waals surface area (Å²) in [6, 6.07) is 5.84. The second-order valence-corrected chi connectivity index (χ2v) is 12.2. The molecular formula is C37H13F15N4. The number of fused-ring (bicyclic) bond motifs is 8. The Hall–Kier alpha value is -6.53. The van der Waals surface area contributed by atoms with Gasteiger partial charge in [-0.3, -0.25) is 0 Å². The summed E-state index contributed by atoms with van der Waals surface area (Å²) < 4.78 is 223. The fourth-order valence-electron chi connectivity index (χ4n) is 6.62. The van der Waals surface area contributed by atoms with E-state index in [9.17, 15) is 39.5 Å². The van der Waals surface area contributed by atoms with Crippen LogP contribution < -0.4 is 26.7 Å². The second-order valence-electron chi connectivity index (χ2n) is 12.2. The summed E-state index contributed by atoms with van der Waals surface area (Å²) in [5.41, 5.74) is -8.84. The lowest BCUT2D eigenvalue weighted by Gasteiger charge is -2.14. The maximum atomic E-state index is 15.6. The molecule has 4 N–H and O–H groups in total. The van der Waals surface area contributed by atoms with Gasteiger partial charge in [-0.1, -0.05) is 6.08 Å². The van der Waals surface area contributed by atoms with E-state index in [1.54, 1.807) is 0 Å². The Labute approximate surface area is 299 Å². The van der Waals surface area contributed by atoms with Gasteiger partial charge in [0.1, 0.15) is 0 Å². The van der Waals surface area contributed by atoms with E-state index in [1.807, 2.05) is 0 Å². The molecule has 5 heterocycles. The number of allylic oxidation sites excluding steroid dienone is 1. The van der Waals surface area contributed by atoms with E-state index in [0.29, 0.717) is 0 Å². The SMILES string of the molecule is Fc1c(F)c(F)c(C2=c3ccc([nH]3)=C(c3c(F)c(F)c(F)c(F)c3F)c3ccc([nH]3)C(c3c(F)c(F)c(F)c(F)c3F)=c3ccc([nH]3)=C3CC=C2N3)c(F)c1F. The first-order chi connectivity index (χ1) is 26.5. The minimum atomic E-state index is -2.58. The summed E-state index contributed by atoms with van der Waals surface area (Å²) in [5.74, 6) is -36.2. The Kier molecular flexibility index (Phi) is 8.31. The van der Waals surface area contributed by atoms with Crippen molar-refractivity contribution >= 4 is 22.4 Å². The molecule has 4 nitrogen and oxygen atoms in total. The first kappa shape index (κ1) is 36.4. The van der Waals surface area contributed by atoms with Gasteiger partial charge in [-0.2, -0.15) is 0 Å². The van der Waals surface area contributed by atoms with Crippen LogP contribution in [0, 0.1) is 87.3 Å². The molecule has 286 valence electrons. The number of halogens is 15. The predicted octanol–water partition coefficient (Wildman–Crippen LogP) is 6.45. The van der Waals surface area contributed by atoms with E-state index in [0.717, 1.165) is 30.3 Å². The van der Waals surface area contributed by atoms with Gasteiger partial charge in [-0.15, -0.1) is 0 Å². The highest BCUT2D eigenvalue weighted by Gasteiger charge is 2.34. The standard InChI is InChI=1S/C37H13F15N4/c38-23-20(24(39)30(45)35(50)29(23)44)17-11-3-1-9(53-11)10-2-4-12(54-10)18(21-25(40)31(46)36(51)32(47)26(21)41)14-6-8-16(56-14)19(15-7-5-13(17)55-15)22-27(42)33(48)37(52)34(49)28(22)43/h1,3-8,53-56H,2H2. The monoisotopic (exact) mass is 798 g/mol. The molecule has 0 atom stereocenters. The maximum absolute atomic E-state index is 15.6. The molecule has 0 aliphatic carbocycles. The Balaban J connectivity index is 1.58. The number of hydrogen-bond donors (Lipinski definition) is 4. The first-order valence-corrected chi connectivity index (χ1v) is 15.6. The van der Waals surface area contributed by atoms with Crippen molar-refractivity contribution in [3.05, 3.63) is 185 Å². The molecule has 8 rings (SSSR count). The average Bonchev–Trinajstić information content (AvgIpc) is 4.03. The molecule has 56 heavy (non-hydrogen) atoms. The van der Waals surface area contributed by atoms with Crippen LogP contribution in [0.15, 0.2) is 48.2 Å².